The number of guanidine groups is 1. The van der Waals surface area contributed by atoms with Crippen molar-refractivity contribution in [1.82, 2.24) is 0 Å². The normalized spacial score (nSPS) is 13.6. The van der Waals surface area contributed by atoms with Crippen molar-refractivity contribution < 1.29 is 8.76 Å². The van der Waals surface area contributed by atoms with Crippen molar-refractivity contribution in [3.8, 4) is 0 Å². The summed E-state index contributed by atoms with van der Waals surface area (Å²) < 4.78 is 23.3. The number of hydrogen-bond donors (Lipinski definition) is 3. The highest BCUT2D eigenvalue weighted by Gasteiger charge is 1.93. The van der Waals surface area contributed by atoms with Gasteiger partial charge >= 0.3 is 0 Å². The monoisotopic (exact) mass is 213 g/mol. The molecular formula is C7H9N4O2S-. The fraction of sp³-hybridized carbons (Fsp3) is 0. The fourth-order valence-electron chi connectivity index (χ4n) is 0.817. The molecule has 0 heterocycles. The number of nitrogens with two attached hydrogens (primary N) is 2. The Morgan fingerprint density at radius 3 is 2.50 bits per heavy atom. The highest BCUT2D eigenvalue weighted by molar-refractivity contribution is 7.77. The van der Waals surface area contributed by atoms with E-state index in [0.717, 1.165) is 0 Å². The van der Waals surface area contributed by atoms with Crippen LogP contribution in [0.25, 0.3) is 0 Å². The molecule has 0 fully saturated rings. The lowest BCUT2D eigenvalue weighted by atomic mass is 10.3. The zero-order chi connectivity index (χ0) is 10.6. The topological polar surface area (TPSA) is 117 Å². The summed E-state index contributed by atoms with van der Waals surface area (Å²) in [5.41, 5.74) is 11.9. The first kappa shape index (κ1) is 10.5. The largest absolute Gasteiger partial charge is 0.754 e. The molecule has 0 aliphatic rings. The molecule has 1 rings (SSSR count). The molecule has 1 unspecified atom stereocenters. The second-order valence-electron chi connectivity index (χ2n) is 2.44. The molecule has 5 N–H and O–H groups in total. The van der Waals surface area contributed by atoms with E-state index in [9.17, 15) is 8.76 Å². The minimum absolute atomic E-state index is 0.192. The van der Waals surface area contributed by atoms with Crippen molar-refractivity contribution >= 4 is 28.6 Å². The average molecular weight is 213 g/mol. The van der Waals surface area contributed by atoms with E-state index in [1.807, 2.05) is 0 Å². The molecule has 0 amide bonds. The van der Waals surface area contributed by atoms with E-state index in [2.05, 4.69) is 9.71 Å². The Kier molecular flexibility index (Phi) is 3.43. The molecule has 0 aromatic heterocycles. The van der Waals surface area contributed by atoms with Crippen molar-refractivity contribution in [2.75, 3.05) is 11.1 Å². The van der Waals surface area contributed by atoms with Gasteiger partial charge in [0, 0.05) is 11.4 Å². The van der Waals surface area contributed by atoms with Crippen LogP contribution in [-0.2, 0) is 11.3 Å². The minimum Gasteiger partial charge on any atom is -0.754 e. The van der Waals surface area contributed by atoms with Gasteiger partial charge in [0.25, 0.3) is 0 Å². The minimum atomic E-state index is -2.55. The zero-order valence-corrected chi connectivity index (χ0v) is 7.95. The number of benzene rings is 1. The number of anilines is 2. The van der Waals surface area contributed by atoms with Gasteiger partial charge < -0.3 is 21.3 Å². The summed E-state index contributed by atoms with van der Waals surface area (Å²) in [6.07, 6.45) is 0. The van der Waals surface area contributed by atoms with Crippen molar-refractivity contribution in [3.05, 3.63) is 24.3 Å². The SMILES string of the molecule is NC(=NS(=O)[O-])Nc1ccc(N)cc1. The van der Waals surface area contributed by atoms with Crippen LogP contribution in [0.1, 0.15) is 0 Å². The summed E-state index contributed by atoms with van der Waals surface area (Å²) in [7, 11) is 0. The van der Waals surface area contributed by atoms with Gasteiger partial charge in [-0.25, -0.2) is 4.21 Å². The molecule has 14 heavy (non-hydrogen) atoms. The zero-order valence-electron chi connectivity index (χ0n) is 7.14. The highest BCUT2D eigenvalue weighted by Crippen LogP contribution is 2.09. The molecule has 7 heteroatoms. The second kappa shape index (κ2) is 4.58. The van der Waals surface area contributed by atoms with E-state index in [1.54, 1.807) is 24.3 Å². The molecule has 0 bridgehead atoms. The van der Waals surface area contributed by atoms with E-state index in [0.29, 0.717) is 11.4 Å². The van der Waals surface area contributed by atoms with Crippen LogP contribution >= 0.6 is 0 Å². The van der Waals surface area contributed by atoms with Gasteiger partial charge in [0.1, 0.15) is 0 Å². The van der Waals surface area contributed by atoms with Gasteiger partial charge in [-0.2, -0.15) is 4.40 Å². The van der Waals surface area contributed by atoms with E-state index in [1.165, 1.54) is 0 Å². The van der Waals surface area contributed by atoms with Crippen LogP contribution in [0.3, 0.4) is 0 Å². The molecule has 0 spiro atoms. The molecule has 0 aliphatic heterocycles. The highest BCUT2D eigenvalue weighted by atomic mass is 32.2. The first-order valence-corrected chi connectivity index (χ1v) is 4.67. The van der Waals surface area contributed by atoms with Crippen LogP contribution in [0.4, 0.5) is 11.4 Å². The molecule has 1 aromatic carbocycles. The quantitative estimate of drug-likeness (QED) is 0.272. The lowest BCUT2D eigenvalue weighted by Gasteiger charge is -2.05. The third kappa shape index (κ3) is 3.42. The van der Waals surface area contributed by atoms with Crippen LogP contribution in [-0.4, -0.2) is 14.7 Å². The number of rotatable bonds is 2. The van der Waals surface area contributed by atoms with Gasteiger partial charge in [-0.1, -0.05) is 0 Å². The fourth-order valence-corrected chi connectivity index (χ4v) is 1.02. The van der Waals surface area contributed by atoms with Gasteiger partial charge in [0.2, 0.25) is 5.96 Å². The van der Waals surface area contributed by atoms with Crippen molar-refractivity contribution in [2.45, 2.75) is 0 Å². The van der Waals surface area contributed by atoms with Crippen LogP contribution in [0.2, 0.25) is 0 Å². The second-order valence-corrected chi connectivity index (χ2v) is 3.06. The van der Waals surface area contributed by atoms with E-state index >= 15 is 0 Å². The molecule has 1 atom stereocenters. The average Bonchev–Trinajstić information content (AvgIpc) is 2.07. The van der Waals surface area contributed by atoms with Gasteiger partial charge in [-0.05, 0) is 24.3 Å². The first-order valence-electron chi connectivity index (χ1n) is 3.64. The van der Waals surface area contributed by atoms with Crippen molar-refractivity contribution in [2.24, 2.45) is 10.1 Å². The maximum atomic E-state index is 10.1. The molecule has 0 aliphatic carbocycles. The van der Waals surface area contributed by atoms with Crippen LogP contribution in [0.5, 0.6) is 0 Å². The van der Waals surface area contributed by atoms with Gasteiger partial charge in [0.15, 0.2) is 0 Å². The Morgan fingerprint density at radius 1 is 1.43 bits per heavy atom. The summed E-state index contributed by atoms with van der Waals surface area (Å²) in [6, 6.07) is 6.63. The predicted octanol–water partition coefficient (Wildman–Crippen LogP) is -0.211. The number of nitrogens with one attached hydrogen (secondary N) is 1. The molecule has 0 saturated carbocycles. The maximum absolute atomic E-state index is 10.1. The lowest BCUT2D eigenvalue weighted by molar-refractivity contribution is 0.539. The molecule has 6 nitrogen and oxygen atoms in total. The van der Waals surface area contributed by atoms with Gasteiger partial charge in [0.05, 0.1) is 11.3 Å². The summed E-state index contributed by atoms with van der Waals surface area (Å²) >= 11 is -2.55. The number of hydrogen-bond acceptors (Lipinski definition) is 3. The van der Waals surface area contributed by atoms with Crippen LogP contribution in [0, 0.1) is 0 Å². The molecule has 0 radical (unpaired) electrons. The smallest absolute Gasteiger partial charge is 0.206 e. The first-order chi connectivity index (χ1) is 6.58. The van der Waals surface area contributed by atoms with E-state index in [4.69, 9.17) is 11.5 Å². The number of nitrogen functional groups attached to an aromatic ring is 1. The third-order valence-corrected chi connectivity index (χ3v) is 1.70. The van der Waals surface area contributed by atoms with Gasteiger partial charge in [-0.3, -0.25) is 0 Å². The molecule has 1 aromatic rings. The summed E-state index contributed by atoms with van der Waals surface area (Å²) in [4.78, 5) is 0. The van der Waals surface area contributed by atoms with Crippen molar-refractivity contribution in [1.29, 1.82) is 0 Å². The van der Waals surface area contributed by atoms with Gasteiger partial charge in [-0.15, -0.1) is 0 Å². The Hall–Kier alpha value is -1.60. The van der Waals surface area contributed by atoms with Crippen LogP contribution < -0.4 is 16.8 Å². The van der Waals surface area contributed by atoms with E-state index in [-0.39, 0.29) is 5.96 Å². The molecule has 76 valence electrons. The summed E-state index contributed by atoms with van der Waals surface area (Å²) in [5, 5.41) is 2.58. The summed E-state index contributed by atoms with van der Waals surface area (Å²) in [5.74, 6) is -0.192. The lowest BCUT2D eigenvalue weighted by Crippen LogP contribution is -2.22. The van der Waals surface area contributed by atoms with Crippen LogP contribution in [0.15, 0.2) is 28.7 Å². The Balaban J connectivity index is 2.69. The maximum Gasteiger partial charge on any atom is 0.206 e. The molecule has 0 saturated heterocycles. The Labute approximate surface area is 83.4 Å². The Bertz CT molecular complexity index is 362. The molecular weight excluding hydrogens is 204 g/mol. The number of nitrogens with zero attached hydrogens (tertiary/aromatic N) is 1. The predicted molar refractivity (Wildman–Crippen MR) is 55.0 cm³/mol. The van der Waals surface area contributed by atoms with Crippen molar-refractivity contribution in [3.63, 3.8) is 0 Å². The standard InChI is InChI=1S/C7H10N4O2S/c8-5-1-3-6(4-2-5)10-7(9)11-14(12)13/h1-4H,8H2,(H,12,13)(H3,9,10,11)/p-1. The Morgan fingerprint density at radius 2 is 2.00 bits per heavy atom. The van der Waals surface area contributed by atoms with E-state index < -0.39 is 11.3 Å². The summed E-state index contributed by atoms with van der Waals surface area (Å²) in [6.45, 7) is 0. The third-order valence-electron chi connectivity index (χ3n) is 1.36.